The third-order valence-corrected chi connectivity index (χ3v) is 5.20. The average Bonchev–Trinajstić information content (AvgIpc) is 2.81. The number of benzene rings is 2. The van der Waals surface area contributed by atoms with Crippen LogP contribution in [0.25, 0.3) is 0 Å². The summed E-state index contributed by atoms with van der Waals surface area (Å²) in [6, 6.07) is 15.5. The van der Waals surface area contributed by atoms with E-state index in [0.717, 1.165) is 22.6 Å². The van der Waals surface area contributed by atoms with Crippen molar-refractivity contribution in [3.63, 3.8) is 0 Å². The number of esters is 1. The third kappa shape index (κ3) is 5.32. The maximum atomic E-state index is 13.6. The van der Waals surface area contributed by atoms with E-state index >= 15 is 0 Å². The zero-order chi connectivity index (χ0) is 21.0. The van der Waals surface area contributed by atoms with Crippen molar-refractivity contribution in [3.05, 3.63) is 59.7 Å². The van der Waals surface area contributed by atoms with Gasteiger partial charge in [0.25, 0.3) is 5.91 Å². The number of carbonyl (C=O) groups excluding carboxylic acids is 2. The first-order chi connectivity index (χ1) is 13.9. The molecule has 1 aliphatic heterocycles. The highest BCUT2D eigenvalue weighted by Gasteiger charge is 2.39. The Morgan fingerprint density at radius 2 is 1.80 bits per heavy atom. The summed E-state index contributed by atoms with van der Waals surface area (Å²) < 4.78 is 10.9. The normalized spacial score (nSPS) is 18.3. The van der Waals surface area contributed by atoms with Crippen LogP contribution in [0.15, 0.2) is 48.5 Å². The van der Waals surface area contributed by atoms with Crippen molar-refractivity contribution in [2.45, 2.75) is 25.4 Å². The number of likely N-dealkylation sites (N-methyl/N-ethyl adjacent to an activating group) is 1. The molecule has 30 heavy (non-hydrogen) atoms. The SMILES string of the molecule is COc1ccc([C@H]2Cc3ccccc3N(CCN(C)C)C(=O)[C@H]2OC(C)=O)cc1.Cl. The van der Waals surface area contributed by atoms with Crippen LogP contribution < -0.4 is 9.64 Å². The molecule has 0 unspecified atom stereocenters. The van der Waals surface area contributed by atoms with E-state index < -0.39 is 12.1 Å². The highest BCUT2D eigenvalue weighted by Crippen LogP contribution is 2.36. The minimum absolute atomic E-state index is 0. The molecule has 1 aliphatic rings. The zero-order valence-electron chi connectivity index (χ0n) is 17.8. The van der Waals surface area contributed by atoms with Crippen LogP contribution >= 0.6 is 12.4 Å². The molecule has 0 aliphatic carbocycles. The van der Waals surface area contributed by atoms with Gasteiger partial charge in [-0.05, 0) is 49.8 Å². The topological polar surface area (TPSA) is 59.1 Å². The maximum Gasteiger partial charge on any atom is 0.303 e. The van der Waals surface area contributed by atoms with E-state index in [4.69, 9.17) is 9.47 Å². The number of hydrogen-bond acceptors (Lipinski definition) is 5. The summed E-state index contributed by atoms with van der Waals surface area (Å²) in [6.45, 7) is 2.58. The van der Waals surface area contributed by atoms with Crippen LogP contribution in [0, 0.1) is 0 Å². The van der Waals surface area contributed by atoms with E-state index in [1.54, 1.807) is 12.0 Å². The molecule has 162 valence electrons. The van der Waals surface area contributed by atoms with E-state index in [9.17, 15) is 9.59 Å². The number of amides is 1. The van der Waals surface area contributed by atoms with Gasteiger partial charge in [0.15, 0.2) is 6.10 Å². The Morgan fingerprint density at radius 1 is 1.13 bits per heavy atom. The average molecular weight is 433 g/mol. The lowest BCUT2D eigenvalue weighted by Gasteiger charge is -2.29. The highest BCUT2D eigenvalue weighted by molar-refractivity contribution is 5.99. The molecule has 6 nitrogen and oxygen atoms in total. The molecular weight excluding hydrogens is 404 g/mol. The number of ether oxygens (including phenoxy) is 2. The fraction of sp³-hybridized carbons (Fsp3) is 0.391. The van der Waals surface area contributed by atoms with Crippen molar-refractivity contribution >= 4 is 30.0 Å². The van der Waals surface area contributed by atoms with Crippen LogP contribution in [-0.2, 0) is 20.7 Å². The van der Waals surface area contributed by atoms with Gasteiger partial charge in [0.1, 0.15) is 5.75 Å². The van der Waals surface area contributed by atoms with Crippen molar-refractivity contribution in [2.24, 2.45) is 0 Å². The van der Waals surface area contributed by atoms with Crippen molar-refractivity contribution in [2.75, 3.05) is 39.2 Å². The predicted molar refractivity (Wildman–Crippen MR) is 120 cm³/mol. The molecule has 2 aromatic rings. The molecule has 3 rings (SSSR count). The Kier molecular flexibility index (Phi) is 8.26. The van der Waals surface area contributed by atoms with Gasteiger partial charge >= 0.3 is 5.97 Å². The molecule has 2 aromatic carbocycles. The largest absolute Gasteiger partial charge is 0.497 e. The summed E-state index contributed by atoms with van der Waals surface area (Å²) in [7, 11) is 5.56. The van der Waals surface area contributed by atoms with Gasteiger partial charge in [-0.3, -0.25) is 9.59 Å². The second kappa shape index (κ2) is 10.5. The molecule has 1 heterocycles. The smallest absolute Gasteiger partial charge is 0.303 e. The van der Waals surface area contributed by atoms with Gasteiger partial charge in [-0.2, -0.15) is 0 Å². The van der Waals surface area contributed by atoms with E-state index in [0.29, 0.717) is 19.5 Å². The number of rotatable bonds is 6. The third-order valence-electron chi connectivity index (χ3n) is 5.20. The predicted octanol–water partition coefficient (Wildman–Crippen LogP) is 3.28. The number of nitrogens with zero attached hydrogens (tertiary/aromatic N) is 2. The zero-order valence-corrected chi connectivity index (χ0v) is 18.6. The van der Waals surface area contributed by atoms with E-state index in [1.807, 2.05) is 67.5 Å². The molecule has 2 atom stereocenters. The van der Waals surface area contributed by atoms with Crippen LogP contribution in [0.4, 0.5) is 5.69 Å². The number of para-hydroxylation sites is 1. The first-order valence-corrected chi connectivity index (χ1v) is 9.76. The van der Waals surface area contributed by atoms with Crippen LogP contribution in [-0.4, -0.2) is 57.2 Å². The lowest BCUT2D eigenvalue weighted by Crippen LogP contribution is -2.45. The number of fused-ring (bicyclic) bond motifs is 1. The second-order valence-electron chi connectivity index (χ2n) is 7.54. The molecule has 0 bridgehead atoms. The van der Waals surface area contributed by atoms with Crippen molar-refractivity contribution < 1.29 is 19.1 Å². The highest BCUT2D eigenvalue weighted by atomic mass is 35.5. The van der Waals surface area contributed by atoms with Gasteiger partial charge in [-0.1, -0.05) is 30.3 Å². The van der Waals surface area contributed by atoms with Crippen LogP contribution in [0.3, 0.4) is 0 Å². The molecular formula is C23H29ClN2O4. The fourth-order valence-electron chi connectivity index (χ4n) is 3.72. The van der Waals surface area contributed by atoms with Gasteiger partial charge in [-0.25, -0.2) is 0 Å². The summed E-state index contributed by atoms with van der Waals surface area (Å²) in [5.74, 6) is -0.179. The number of carbonyl (C=O) groups is 2. The summed E-state index contributed by atoms with van der Waals surface area (Å²) in [5, 5.41) is 0. The van der Waals surface area contributed by atoms with Gasteiger partial charge in [0.2, 0.25) is 0 Å². The molecule has 0 saturated heterocycles. The molecule has 0 N–H and O–H groups in total. The van der Waals surface area contributed by atoms with Gasteiger partial charge in [0, 0.05) is 31.6 Å². The Balaban J connectivity index is 0.00000320. The molecule has 7 heteroatoms. The fourth-order valence-corrected chi connectivity index (χ4v) is 3.72. The van der Waals surface area contributed by atoms with E-state index in [-0.39, 0.29) is 24.2 Å². The van der Waals surface area contributed by atoms with Crippen molar-refractivity contribution in [1.29, 1.82) is 0 Å². The number of halogens is 1. The van der Waals surface area contributed by atoms with E-state index in [2.05, 4.69) is 0 Å². The first kappa shape index (κ1) is 23.7. The monoisotopic (exact) mass is 432 g/mol. The Bertz CT molecular complexity index is 870. The van der Waals surface area contributed by atoms with Crippen molar-refractivity contribution in [1.82, 2.24) is 4.90 Å². The Labute approximate surface area is 184 Å². The molecule has 1 amide bonds. The summed E-state index contributed by atoms with van der Waals surface area (Å²) >= 11 is 0. The molecule has 0 radical (unpaired) electrons. The van der Waals surface area contributed by atoms with Crippen LogP contribution in [0.1, 0.15) is 24.0 Å². The maximum absolute atomic E-state index is 13.6. The van der Waals surface area contributed by atoms with Gasteiger partial charge < -0.3 is 19.3 Å². The first-order valence-electron chi connectivity index (χ1n) is 9.76. The molecule has 0 fully saturated rings. The lowest BCUT2D eigenvalue weighted by molar-refractivity contribution is -0.154. The number of anilines is 1. The molecule has 0 saturated carbocycles. The standard InChI is InChI=1S/C23H28N2O4.ClH/c1-16(26)29-22-20(17-9-11-19(28-4)12-10-17)15-18-7-5-6-8-21(18)25(23(22)27)14-13-24(2)3;/h5-12,20,22H,13-15H2,1-4H3;1H/t20-,22+;/m1./s1. The minimum Gasteiger partial charge on any atom is -0.497 e. The summed E-state index contributed by atoms with van der Waals surface area (Å²) in [4.78, 5) is 29.2. The number of methoxy groups -OCH3 is 1. The second-order valence-corrected chi connectivity index (χ2v) is 7.54. The van der Waals surface area contributed by atoms with Crippen molar-refractivity contribution in [3.8, 4) is 5.75 Å². The summed E-state index contributed by atoms with van der Waals surface area (Å²) in [5.41, 5.74) is 2.89. The summed E-state index contributed by atoms with van der Waals surface area (Å²) in [6.07, 6.45) is -0.277. The van der Waals surface area contributed by atoms with Gasteiger partial charge in [-0.15, -0.1) is 12.4 Å². The quantitative estimate of drug-likeness (QED) is 0.655. The van der Waals surface area contributed by atoms with Gasteiger partial charge in [0.05, 0.1) is 7.11 Å². The Morgan fingerprint density at radius 3 is 2.40 bits per heavy atom. The minimum atomic E-state index is -0.879. The van der Waals surface area contributed by atoms with E-state index in [1.165, 1.54) is 6.92 Å². The Hall–Kier alpha value is -2.57. The molecule has 0 spiro atoms. The molecule has 0 aromatic heterocycles. The van der Waals surface area contributed by atoms with Crippen LogP contribution in [0.2, 0.25) is 0 Å². The lowest BCUT2D eigenvalue weighted by atomic mass is 9.87. The van der Waals surface area contributed by atoms with Crippen LogP contribution in [0.5, 0.6) is 5.75 Å². The number of hydrogen-bond donors (Lipinski definition) is 0.